The van der Waals surface area contributed by atoms with Crippen LogP contribution < -0.4 is 0 Å². The molecule has 5 nitrogen and oxygen atoms in total. The normalized spacial score (nSPS) is 15.2. The van der Waals surface area contributed by atoms with Crippen molar-refractivity contribution in [2.24, 2.45) is 0 Å². The van der Waals surface area contributed by atoms with Gasteiger partial charge in [0.15, 0.2) is 0 Å². The van der Waals surface area contributed by atoms with Gasteiger partial charge >= 0.3 is 0 Å². The van der Waals surface area contributed by atoms with Crippen molar-refractivity contribution in [1.29, 1.82) is 0 Å². The van der Waals surface area contributed by atoms with E-state index in [0.29, 0.717) is 12.5 Å². The quantitative estimate of drug-likeness (QED) is 0.782. The summed E-state index contributed by atoms with van der Waals surface area (Å²) in [6, 6.07) is 8.36. The lowest BCUT2D eigenvalue weighted by molar-refractivity contribution is -0.136. The molecule has 1 saturated heterocycles. The first-order valence-corrected chi connectivity index (χ1v) is 8.02. The topological polar surface area (TPSA) is 53.9 Å². The zero-order valence-corrected chi connectivity index (χ0v) is 13.5. The summed E-state index contributed by atoms with van der Waals surface area (Å²) in [5.74, 6) is 0.173. The van der Waals surface area contributed by atoms with Crippen LogP contribution in [-0.2, 0) is 11.2 Å². The maximum atomic E-state index is 12.4. The van der Waals surface area contributed by atoms with Crippen molar-refractivity contribution >= 4 is 32.7 Å². The minimum Gasteiger partial charge on any atom is -0.361 e. The third kappa shape index (κ3) is 2.33. The Morgan fingerprint density at radius 1 is 1.36 bits per heavy atom. The van der Waals surface area contributed by atoms with Crippen molar-refractivity contribution < 1.29 is 4.79 Å². The molecule has 1 aromatic carbocycles. The number of carbonyl (C=O) groups excluding carboxylic acids is 1. The standard InChI is InChI=1S/C16H15BrN4O/c17-12-7-19-21(8-12)13-9-20(10-13)16(22)5-11-6-18-15-4-2-1-3-14(11)15/h1-4,6-8,13,18H,5,9-10H2. The number of amides is 1. The van der Waals surface area contributed by atoms with Gasteiger partial charge in [0, 0.05) is 36.4 Å². The number of H-pyrrole nitrogens is 1. The number of hydrogen-bond acceptors (Lipinski definition) is 2. The summed E-state index contributed by atoms with van der Waals surface area (Å²) in [7, 11) is 0. The van der Waals surface area contributed by atoms with Crippen LogP contribution in [0.4, 0.5) is 0 Å². The third-order valence-corrected chi connectivity index (χ3v) is 4.59. The molecule has 0 radical (unpaired) electrons. The molecule has 112 valence electrons. The lowest BCUT2D eigenvalue weighted by Gasteiger charge is -2.39. The number of nitrogens with one attached hydrogen (secondary N) is 1. The van der Waals surface area contributed by atoms with Crippen LogP contribution in [-0.4, -0.2) is 38.7 Å². The maximum absolute atomic E-state index is 12.4. The highest BCUT2D eigenvalue weighted by atomic mass is 79.9. The number of benzene rings is 1. The van der Waals surface area contributed by atoms with Crippen molar-refractivity contribution in [3.8, 4) is 0 Å². The number of aromatic amines is 1. The second kappa shape index (κ2) is 5.28. The van der Waals surface area contributed by atoms with Gasteiger partial charge in [0.05, 0.1) is 23.1 Å². The van der Waals surface area contributed by atoms with Gasteiger partial charge in [0.1, 0.15) is 0 Å². The van der Waals surface area contributed by atoms with Crippen molar-refractivity contribution in [1.82, 2.24) is 19.7 Å². The third-order valence-electron chi connectivity index (χ3n) is 4.18. The molecule has 0 atom stereocenters. The van der Waals surface area contributed by atoms with Crippen LogP contribution in [0.1, 0.15) is 11.6 Å². The number of aromatic nitrogens is 3. The van der Waals surface area contributed by atoms with Crippen LogP contribution in [0.15, 0.2) is 47.3 Å². The summed E-state index contributed by atoms with van der Waals surface area (Å²) in [6.07, 6.45) is 6.10. The van der Waals surface area contributed by atoms with E-state index in [-0.39, 0.29) is 5.91 Å². The number of halogens is 1. The molecular weight excluding hydrogens is 344 g/mol. The minimum absolute atomic E-state index is 0.173. The first kappa shape index (κ1) is 13.6. The van der Waals surface area contributed by atoms with Gasteiger partial charge in [-0.15, -0.1) is 0 Å². The van der Waals surface area contributed by atoms with Crippen LogP contribution in [0.5, 0.6) is 0 Å². The molecule has 1 N–H and O–H groups in total. The number of hydrogen-bond donors (Lipinski definition) is 1. The van der Waals surface area contributed by atoms with Gasteiger partial charge in [-0.25, -0.2) is 0 Å². The van der Waals surface area contributed by atoms with E-state index < -0.39 is 0 Å². The molecule has 22 heavy (non-hydrogen) atoms. The lowest BCUT2D eigenvalue weighted by atomic mass is 10.1. The molecular formula is C16H15BrN4O. The molecule has 0 spiro atoms. The predicted octanol–water partition coefficient (Wildman–Crippen LogP) is 2.75. The van der Waals surface area contributed by atoms with Crippen LogP contribution in [0.25, 0.3) is 10.9 Å². The van der Waals surface area contributed by atoms with Crippen molar-refractivity contribution in [3.63, 3.8) is 0 Å². The Morgan fingerprint density at radius 2 is 2.18 bits per heavy atom. The second-order valence-electron chi connectivity index (χ2n) is 5.63. The highest BCUT2D eigenvalue weighted by Crippen LogP contribution is 2.24. The van der Waals surface area contributed by atoms with E-state index in [1.165, 1.54) is 0 Å². The highest BCUT2D eigenvalue weighted by Gasteiger charge is 2.32. The first-order chi connectivity index (χ1) is 10.7. The van der Waals surface area contributed by atoms with Gasteiger partial charge < -0.3 is 9.88 Å². The molecule has 2 aromatic heterocycles. The van der Waals surface area contributed by atoms with E-state index in [4.69, 9.17) is 0 Å². The van der Waals surface area contributed by atoms with Crippen LogP contribution in [0.2, 0.25) is 0 Å². The summed E-state index contributed by atoms with van der Waals surface area (Å²) in [4.78, 5) is 17.5. The van der Waals surface area contributed by atoms with Crippen LogP contribution in [0.3, 0.4) is 0 Å². The van der Waals surface area contributed by atoms with Crippen molar-refractivity contribution in [2.75, 3.05) is 13.1 Å². The number of rotatable bonds is 3. The second-order valence-corrected chi connectivity index (χ2v) is 6.54. The number of fused-ring (bicyclic) bond motifs is 1. The van der Waals surface area contributed by atoms with E-state index in [1.54, 1.807) is 6.20 Å². The van der Waals surface area contributed by atoms with Crippen molar-refractivity contribution in [3.05, 3.63) is 52.9 Å². The van der Waals surface area contributed by atoms with Gasteiger partial charge in [0.2, 0.25) is 5.91 Å². The fourth-order valence-electron chi connectivity index (χ4n) is 2.89. The van der Waals surface area contributed by atoms with Crippen molar-refractivity contribution in [2.45, 2.75) is 12.5 Å². The minimum atomic E-state index is 0.173. The summed E-state index contributed by atoms with van der Waals surface area (Å²) < 4.78 is 2.88. The summed E-state index contributed by atoms with van der Waals surface area (Å²) in [5, 5.41) is 5.40. The molecule has 4 rings (SSSR count). The average molecular weight is 359 g/mol. The molecule has 0 unspecified atom stereocenters. The zero-order chi connectivity index (χ0) is 15.1. The largest absolute Gasteiger partial charge is 0.361 e. The smallest absolute Gasteiger partial charge is 0.227 e. The summed E-state index contributed by atoms with van der Waals surface area (Å²) in [6.45, 7) is 1.46. The van der Waals surface area contributed by atoms with E-state index >= 15 is 0 Å². The molecule has 1 aliphatic rings. The van der Waals surface area contributed by atoms with Crippen LogP contribution >= 0.6 is 15.9 Å². The van der Waals surface area contributed by atoms with E-state index in [0.717, 1.165) is 34.0 Å². The number of nitrogens with zero attached hydrogens (tertiary/aromatic N) is 3. The molecule has 3 heterocycles. The Hall–Kier alpha value is -2.08. The fraction of sp³-hybridized carbons (Fsp3) is 0.250. The van der Waals surface area contributed by atoms with Gasteiger partial charge in [-0.05, 0) is 27.6 Å². The SMILES string of the molecule is O=C(Cc1c[nH]c2ccccc12)N1CC(n2cc(Br)cn2)C1. The zero-order valence-electron chi connectivity index (χ0n) is 11.9. The lowest BCUT2D eigenvalue weighted by Crippen LogP contribution is -2.51. The van der Waals surface area contributed by atoms with Gasteiger partial charge in [-0.1, -0.05) is 18.2 Å². The predicted molar refractivity (Wildman–Crippen MR) is 87.5 cm³/mol. The van der Waals surface area contributed by atoms with E-state index in [2.05, 4.69) is 32.1 Å². The van der Waals surface area contributed by atoms with Gasteiger partial charge in [-0.3, -0.25) is 9.48 Å². The first-order valence-electron chi connectivity index (χ1n) is 7.23. The summed E-state index contributed by atoms with van der Waals surface area (Å²) in [5.41, 5.74) is 2.14. The Bertz CT molecular complexity index is 831. The maximum Gasteiger partial charge on any atom is 0.227 e. The van der Waals surface area contributed by atoms with Gasteiger partial charge in [-0.2, -0.15) is 5.10 Å². The number of carbonyl (C=O) groups is 1. The molecule has 1 amide bonds. The van der Waals surface area contributed by atoms with Crippen LogP contribution in [0, 0.1) is 0 Å². The van der Waals surface area contributed by atoms with Gasteiger partial charge in [0.25, 0.3) is 0 Å². The Morgan fingerprint density at radius 3 is 2.95 bits per heavy atom. The molecule has 3 aromatic rings. The molecule has 0 saturated carbocycles. The molecule has 0 aliphatic carbocycles. The number of likely N-dealkylation sites (tertiary alicyclic amines) is 1. The molecule has 1 aliphatic heterocycles. The Kier molecular flexibility index (Phi) is 3.26. The molecule has 1 fully saturated rings. The fourth-order valence-corrected chi connectivity index (χ4v) is 3.19. The Balaban J connectivity index is 1.42. The Labute approximate surface area is 136 Å². The summed E-state index contributed by atoms with van der Waals surface area (Å²) >= 11 is 3.39. The van der Waals surface area contributed by atoms with E-state index in [9.17, 15) is 4.79 Å². The number of para-hydroxylation sites is 1. The van der Waals surface area contributed by atoms with E-state index in [1.807, 2.05) is 40.2 Å². The average Bonchev–Trinajstić information content (AvgIpc) is 3.05. The highest BCUT2D eigenvalue weighted by molar-refractivity contribution is 9.10. The monoisotopic (exact) mass is 358 g/mol. The molecule has 6 heteroatoms. The molecule has 0 bridgehead atoms.